The summed E-state index contributed by atoms with van der Waals surface area (Å²) in [6, 6.07) is 4.75. The molecule has 2 heterocycles. The fourth-order valence-electron chi connectivity index (χ4n) is 2.62. The first kappa shape index (κ1) is 16.2. The van der Waals surface area contributed by atoms with Gasteiger partial charge in [-0.05, 0) is 13.0 Å². The number of carbonyl (C=O) groups excluding carboxylic acids is 2. The Morgan fingerprint density at radius 1 is 1.24 bits per heavy atom. The Bertz CT molecular complexity index is 994. The topological polar surface area (TPSA) is 147 Å². The van der Waals surface area contributed by atoms with E-state index in [-0.39, 0.29) is 28.4 Å². The van der Waals surface area contributed by atoms with Gasteiger partial charge in [0.1, 0.15) is 17.3 Å². The molecule has 10 nitrogen and oxygen atoms in total. The molecule has 3 N–H and O–H groups in total. The van der Waals surface area contributed by atoms with Crippen molar-refractivity contribution in [1.82, 2.24) is 9.88 Å². The number of fused-ring (bicyclic) bond motifs is 1. The number of aromatic nitrogens is 1. The number of rotatable bonds is 4. The van der Waals surface area contributed by atoms with Gasteiger partial charge in [0, 0.05) is 18.2 Å². The lowest BCUT2D eigenvalue weighted by atomic mass is 10.1. The maximum Gasteiger partial charge on any atom is 0.293 e. The van der Waals surface area contributed by atoms with Crippen molar-refractivity contribution in [1.29, 1.82) is 0 Å². The number of carbonyl (C=O) groups is 2. The average Bonchev–Trinajstić information content (AvgIpc) is 2.82. The first-order valence-electron chi connectivity index (χ1n) is 7.18. The number of nitrogen functional groups attached to an aromatic ring is 1. The first-order chi connectivity index (χ1) is 11.8. The standard InChI is InChI=1S/C15H12N4O6/c1-2-25-7-3-4-9(19(23)24)10(5-7)18-11(20)6-8-12(13(18)16)15(22)17-14(8)21/h3-6H,2,16H2,1H3,(H,17,21,22). The molecule has 0 bridgehead atoms. The first-order valence-corrected chi connectivity index (χ1v) is 7.18. The van der Waals surface area contributed by atoms with E-state index >= 15 is 0 Å². The van der Waals surface area contributed by atoms with Crippen LogP contribution < -0.4 is 21.3 Å². The number of hydrogen-bond donors (Lipinski definition) is 2. The maximum atomic E-state index is 12.4. The van der Waals surface area contributed by atoms with Crippen LogP contribution in [-0.2, 0) is 0 Å². The highest BCUT2D eigenvalue weighted by Crippen LogP contribution is 2.30. The molecule has 1 aromatic heterocycles. The van der Waals surface area contributed by atoms with Crippen LogP contribution in [0.1, 0.15) is 27.6 Å². The van der Waals surface area contributed by atoms with E-state index in [0.717, 1.165) is 10.6 Å². The van der Waals surface area contributed by atoms with Crippen LogP contribution in [0.5, 0.6) is 5.75 Å². The summed E-state index contributed by atoms with van der Waals surface area (Å²) in [6.07, 6.45) is 0. The fraction of sp³-hybridized carbons (Fsp3) is 0.133. The van der Waals surface area contributed by atoms with Gasteiger partial charge >= 0.3 is 0 Å². The number of imide groups is 1. The van der Waals surface area contributed by atoms with E-state index in [1.165, 1.54) is 18.2 Å². The quantitative estimate of drug-likeness (QED) is 0.469. The number of nitro benzene ring substituents is 1. The van der Waals surface area contributed by atoms with Gasteiger partial charge in [0.25, 0.3) is 23.1 Å². The van der Waals surface area contributed by atoms with Crippen LogP contribution in [0, 0.1) is 10.1 Å². The third-order valence-corrected chi connectivity index (χ3v) is 3.65. The second-order valence-electron chi connectivity index (χ2n) is 5.12. The van der Waals surface area contributed by atoms with Gasteiger partial charge in [0.15, 0.2) is 0 Å². The number of nitrogens with zero attached hydrogens (tertiary/aromatic N) is 2. The van der Waals surface area contributed by atoms with Crippen LogP contribution in [0.15, 0.2) is 29.1 Å². The molecule has 10 heteroatoms. The average molecular weight is 344 g/mol. The highest BCUT2D eigenvalue weighted by molar-refractivity contribution is 6.23. The molecule has 0 atom stereocenters. The number of anilines is 1. The molecule has 2 aromatic rings. The summed E-state index contributed by atoms with van der Waals surface area (Å²) in [4.78, 5) is 46.6. The van der Waals surface area contributed by atoms with Gasteiger partial charge in [-0.2, -0.15) is 0 Å². The molecule has 25 heavy (non-hydrogen) atoms. The third kappa shape index (κ3) is 2.49. The Kier molecular flexibility index (Phi) is 3.72. The number of hydrogen-bond acceptors (Lipinski definition) is 7. The molecular weight excluding hydrogens is 332 g/mol. The van der Waals surface area contributed by atoms with Gasteiger partial charge in [-0.25, -0.2) is 0 Å². The van der Waals surface area contributed by atoms with Crippen molar-refractivity contribution in [3.63, 3.8) is 0 Å². The van der Waals surface area contributed by atoms with Crippen LogP contribution in [0.3, 0.4) is 0 Å². The molecule has 2 amide bonds. The highest BCUT2D eigenvalue weighted by atomic mass is 16.6. The minimum atomic E-state index is -0.780. The van der Waals surface area contributed by atoms with Gasteiger partial charge in [0.05, 0.1) is 22.7 Å². The van der Waals surface area contributed by atoms with E-state index in [9.17, 15) is 24.5 Å². The van der Waals surface area contributed by atoms with Gasteiger partial charge in [0.2, 0.25) is 0 Å². The number of nitrogens with two attached hydrogens (primary N) is 1. The monoisotopic (exact) mass is 344 g/mol. The fourth-order valence-corrected chi connectivity index (χ4v) is 2.62. The zero-order valence-corrected chi connectivity index (χ0v) is 12.9. The van der Waals surface area contributed by atoms with Crippen molar-refractivity contribution in [2.24, 2.45) is 0 Å². The van der Waals surface area contributed by atoms with Gasteiger partial charge in [-0.15, -0.1) is 0 Å². The summed E-state index contributed by atoms with van der Waals surface area (Å²) in [7, 11) is 0. The lowest BCUT2D eigenvalue weighted by Crippen LogP contribution is -2.24. The van der Waals surface area contributed by atoms with Gasteiger partial charge in [-0.3, -0.25) is 34.4 Å². The van der Waals surface area contributed by atoms with Crippen molar-refractivity contribution in [2.75, 3.05) is 12.3 Å². The van der Waals surface area contributed by atoms with Crippen LogP contribution in [0.2, 0.25) is 0 Å². The molecule has 1 aliphatic rings. The van der Waals surface area contributed by atoms with Gasteiger partial charge < -0.3 is 10.5 Å². The number of nitro groups is 1. The minimum absolute atomic E-state index is 0.159. The molecule has 0 saturated carbocycles. The molecular formula is C15H12N4O6. The molecule has 0 unspecified atom stereocenters. The van der Waals surface area contributed by atoms with E-state index in [4.69, 9.17) is 10.5 Å². The van der Waals surface area contributed by atoms with Crippen molar-refractivity contribution < 1.29 is 19.2 Å². The van der Waals surface area contributed by atoms with E-state index in [1.807, 2.05) is 5.32 Å². The molecule has 1 aliphatic heterocycles. The van der Waals surface area contributed by atoms with Crippen molar-refractivity contribution in [3.8, 4) is 11.4 Å². The molecule has 0 spiro atoms. The third-order valence-electron chi connectivity index (χ3n) is 3.65. The zero-order valence-electron chi connectivity index (χ0n) is 12.9. The van der Waals surface area contributed by atoms with E-state index in [2.05, 4.69) is 0 Å². The van der Waals surface area contributed by atoms with E-state index in [0.29, 0.717) is 6.61 Å². The largest absolute Gasteiger partial charge is 0.494 e. The van der Waals surface area contributed by atoms with E-state index < -0.39 is 28.0 Å². The Balaban J connectivity index is 2.34. The Hall–Kier alpha value is -3.69. The van der Waals surface area contributed by atoms with Crippen molar-refractivity contribution in [3.05, 3.63) is 55.9 Å². The predicted octanol–water partition coefficient (Wildman–Crippen LogP) is 0.610. The molecule has 0 radical (unpaired) electrons. The number of ether oxygens (including phenoxy) is 1. The van der Waals surface area contributed by atoms with Crippen molar-refractivity contribution >= 4 is 23.3 Å². The molecule has 0 aliphatic carbocycles. The van der Waals surface area contributed by atoms with Crippen molar-refractivity contribution in [2.45, 2.75) is 6.92 Å². The molecule has 3 rings (SSSR count). The molecule has 128 valence electrons. The van der Waals surface area contributed by atoms with Crippen LogP contribution in [0.4, 0.5) is 11.5 Å². The molecule has 1 aromatic carbocycles. The summed E-state index contributed by atoms with van der Waals surface area (Å²) in [5.74, 6) is -1.58. The second kappa shape index (κ2) is 5.74. The summed E-state index contributed by atoms with van der Waals surface area (Å²) in [6.45, 7) is 2.04. The maximum absolute atomic E-state index is 12.4. The summed E-state index contributed by atoms with van der Waals surface area (Å²) >= 11 is 0. The Morgan fingerprint density at radius 3 is 2.60 bits per heavy atom. The molecule has 0 saturated heterocycles. The lowest BCUT2D eigenvalue weighted by Gasteiger charge is -2.13. The summed E-state index contributed by atoms with van der Waals surface area (Å²) in [5, 5.41) is 13.3. The number of pyridine rings is 1. The lowest BCUT2D eigenvalue weighted by molar-refractivity contribution is -0.384. The molecule has 0 fully saturated rings. The normalized spacial score (nSPS) is 12.7. The summed E-state index contributed by atoms with van der Waals surface area (Å²) < 4.78 is 6.12. The van der Waals surface area contributed by atoms with Crippen LogP contribution in [0.25, 0.3) is 5.69 Å². The Morgan fingerprint density at radius 2 is 1.96 bits per heavy atom. The van der Waals surface area contributed by atoms with Crippen LogP contribution >= 0.6 is 0 Å². The SMILES string of the molecule is CCOc1ccc([N+](=O)[O-])c(-n2c(N)c3c(cc2=O)C(=O)NC3=O)c1. The smallest absolute Gasteiger partial charge is 0.293 e. The Labute approximate surface area is 140 Å². The number of nitrogens with one attached hydrogen (secondary N) is 1. The predicted molar refractivity (Wildman–Crippen MR) is 86.1 cm³/mol. The number of benzene rings is 1. The summed E-state index contributed by atoms with van der Waals surface area (Å²) in [5.41, 5.74) is 4.21. The van der Waals surface area contributed by atoms with Gasteiger partial charge in [-0.1, -0.05) is 0 Å². The highest BCUT2D eigenvalue weighted by Gasteiger charge is 2.33. The second-order valence-corrected chi connectivity index (χ2v) is 5.12. The van der Waals surface area contributed by atoms with E-state index in [1.54, 1.807) is 6.92 Å². The van der Waals surface area contributed by atoms with Crippen LogP contribution in [-0.4, -0.2) is 27.9 Å². The zero-order chi connectivity index (χ0) is 18.3. The number of amides is 2. The minimum Gasteiger partial charge on any atom is -0.494 e.